The predicted molar refractivity (Wildman–Crippen MR) is 109 cm³/mol. The highest BCUT2D eigenvalue weighted by atomic mass is 16.5. The number of ketones is 1. The van der Waals surface area contributed by atoms with Crippen molar-refractivity contribution < 1.29 is 19.1 Å². The van der Waals surface area contributed by atoms with Crippen LogP contribution in [0.5, 0.6) is 0 Å². The number of rotatable bonds is 8. The number of hydrogen-bond acceptors (Lipinski definition) is 4. The molecule has 0 heterocycles. The number of hydrogen-bond donors (Lipinski definition) is 1. The molecule has 0 radical (unpaired) electrons. The summed E-state index contributed by atoms with van der Waals surface area (Å²) in [4.78, 5) is 36.5. The van der Waals surface area contributed by atoms with E-state index in [1.165, 1.54) is 13.0 Å². The van der Waals surface area contributed by atoms with Crippen LogP contribution in [-0.4, -0.2) is 24.3 Å². The highest BCUT2D eigenvalue weighted by Gasteiger charge is 2.17. The van der Waals surface area contributed by atoms with Crippen molar-refractivity contribution in [3.63, 3.8) is 0 Å². The fourth-order valence-electron chi connectivity index (χ4n) is 2.75. The van der Waals surface area contributed by atoms with Crippen LogP contribution in [0.4, 0.5) is 0 Å². The van der Waals surface area contributed by atoms with Gasteiger partial charge in [0.15, 0.2) is 6.61 Å². The lowest BCUT2D eigenvalue weighted by molar-refractivity contribution is -0.139. The van der Waals surface area contributed by atoms with E-state index in [-0.39, 0.29) is 18.1 Å². The zero-order chi connectivity index (χ0) is 20.5. The Balaban J connectivity index is 2.15. The second-order valence-electron chi connectivity index (χ2n) is 6.35. The average Bonchev–Trinajstić information content (AvgIpc) is 2.71. The molecule has 28 heavy (non-hydrogen) atoms. The maximum Gasteiger partial charge on any atom is 0.355 e. The molecule has 2 aromatic carbocycles. The number of benzene rings is 2. The van der Waals surface area contributed by atoms with Gasteiger partial charge in [-0.25, -0.2) is 4.79 Å². The minimum absolute atomic E-state index is 0.00970. The number of esters is 1. The summed E-state index contributed by atoms with van der Waals surface area (Å²) in [5.41, 5.74) is 3.26. The molecule has 146 valence electrons. The lowest BCUT2D eigenvalue weighted by Gasteiger charge is -2.11. The Morgan fingerprint density at radius 2 is 1.71 bits per heavy atom. The first kappa shape index (κ1) is 21.1. The minimum Gasteiger partial charge on any atom is -0.453 e. The Labute approximate surface area is 165 Å². The van der Waals surface area contributed by atoms with E-state index >= 15 is 0 Å². The quantitative estimate of drug-likeness (QED) is 0.431. The van der Waals surface area contributed by atoms with Crippen LogP contribution in [0, 0.1) is 0 Å². The van der Waals surface area contributed by atoms with Gasteiger partial charge in [0.25, 0.3) is 0 Å². The van der Waals surface area contributed by atoms with Crippen molar-refractivity contribution in [2.75, 3.05) is 6.61 Å². The summed E-state index contributed by atoms with van der Waals surface area (Å²) < 4.78 is 5.20. The number of nitrogens with one attached hydrogen (secondary N) is 1. The first-order chi connectivity index (χ1) is 13.4. The Hall–Kier alpha value is -3.21. The summed E-state index contributed by atoms with van der Waals surface area (Å²) in [6, 6.07) is 14.9. The molecule has 0 atom stereocenters. The Morgan fingerprint density at radius 3 is 2.32 bits per heavy atom. The van der Waals surface area contributed by atoms with E-state index in [2.05, 4.69) is 5.32 Å². The van der Waals surface area contributed by atoms with Crippen LogP contribution in [0.1, 0.15) is 47.8 Å². The number of aryl methyl sites for hydroxylation is 2. The molecule has 5 heteroatoms. The van der Waals surface area contributed by atoms with E-state index in [0.717, 1.165) is 23.1 Å². The van der Waals surface area contributed by atoms with Crippen molar-refractivity contribution >= 4 is 23.7 Å². The van der Waals surface area contributed by atoms with Gasteiger partial charge >= 0.3 is 5.97 Å². The van der Waals surface area contributed by atoms with Crippen molar-refractivity contribution in [3.05, 3.63) is 76.5 Å². The summed E-state index contributed by atoms with van der Waals surface area (Å²) in [5, 5.41) is 2.47. The van der Waals surface area contributed by atoms with Gasteiger partial charge in [-0.2, -0.15) is 0 Å². The third kappa shape index (κ3) is 5.91. The van der Waals surface area contributed by atoms with E-state index in [4.69, 9.17) is 4.74 Å². The fourth-order valence-corrected chi connectivity index (χ4v) is 2.75. The minimum atomic E-state index is -0.753. The second-order valence-corrected chi connectivity index (χ2v) is 6.35. The standard InChI is InChI=1S/C23H25NO4/c1-4-17-11-12-19(5-2)20(13-17)22(26)15-28-23(27)21(24-16(3)25)14-18-9-7-6-8-10-18/h6-14H,4-5,15H2,1-3H3,(H,24,25)/b21-14-. The van der Waals surface area contributed by atoms with Crippen LogP contribution in [0.25, 0.3) is 6.08 Å². The van der Waals surface area contributed by atoms with Gasteiger partial charge in [-0.05, 0) is 41.7 Å². The van der Waals surface area contributed by atoms with Gasteiger partial charge in [0.2, 0.25) is 11.7 Å². The number of carbonyl (C=O) groups excluding carboxylic acids is 3. The van der Waals surface area contributed by atoms with Gasteiger partial charge in [0.05, 0.1) is 0 Å². The van der Waals surface area contributed by atoms with Crippen molar-refractivity contribution in [1.29, 1.82) is 0 Å². The van der Waals surface area contributed by atoms with Crippen LogP contribution < -0.4 is 5.32 Å². The Kier molecular flexibility index (Phi) is 7.69. The van der Waals surface area contributed by atoms with Crippen LogP contribution in [-0.2, 0) is 27.2 Å². The summed E-state index contributed by atoms with van der Waals surface area (Å²) in [7, 11) is 0. The Bertz CT molecular complexity index is 885. The van der Waals surface area contributed by atoms with E-state index in [1.807, 2.05) is 50.2 Å². The molecule has 2 aromatic rings. The van der Waals surface area contributed by atoms with Crippen molar-refractivity contribution in [3.8, 4) is 0 Å². The summed E-state index contributed by atoms with van der Waals surface area (Å²) in [5.74, 6) is -1.41. The van der Waals surface area contributed by atoms with E-state index in [9.17, 15) is 14.4 Å². The van der Waals surface area contributed by atoms with E-state index in [0.29, 0.717) is 12.0 Å². The highest BCUT2D eigenvalue weighted by Crippen LogP contribution is 2.15. The molecule has 0 aliphatic carbocycles. The molecular weight excluding hydrogens is 354 g/mol. The fraction of sp³-hybridized carbons (Fsp3) is 0.261. The average molecular weight is 379 g/mol. The highest BCUT2D eigenvalue weighted by molar-refractivity contribution is 6.02. The molecule has 5 nitrogen and oxygen atoms in total. The van der Waals surface area contributed by atoms with Crippen LogP contribution >= 0.6 is 0 Å². The maximum atomic E-state index is 12.6. The van der Waals surface area contributed by atoms with Crippen LogP contribution in [0.15, 0.2) is 54.2 Å². The molecule has 0 fully saturated rings. The van der Waals surface area contributed by atoms with Crippen molar-refractivity contribution in [2.45, 2.75) is 33.6 Å². The maximum absolute atomic E-state index is 12.6. The van der Waals surface area contributed by atoms with Crippen LogP contribution in [0.3, 0.4) is 0 Å². The van der Waals surface area contributed by atoms with Crippen molar-refractivity contribution in [2.24, 2.45) is 0 Å². The van der Waals surface area contributed by atoms with E-state index in [1.54, 1.807) is 12.1 Å². The van der Waals surface area contributed by atoms with Gasteiger partial charge in [-0.15, -0.1) is 0 Å². The molecule has 0 aliphatic rings. The molecule has 0 spiro atoms. The molecule has 1 amide bonds. The summed E-state index contributed by atoms with van der Waals surface area (Å²) >= 11 is 0. The van der Waals surface area contributed by atoms with Gasteiger partial charge in [0, 0.05) is 12.5 Å². The van der Waals surface area contributed by atoms with Crippen molar-refractivity contribution in [1.82, 2.24) is 5.32 Å². The third-order valence-electron chi connectivity index (χ3n) is 4.24. The molecule has 1 N–H and O–H groups in total. The normalized spacial score (nSPS) is 11.0. The molecule has 0 aromatic heterocycles. The van der Waals surface area contributed by atoms with Gasteiger partial charge in [0.1, 0.15) is 5.70 Å². The summed E-state index contributed by atoms with van der Waals surface area (Å²) in [6.07, 6.45) is 3.05. The Morgan fingerprint density at radius 1 is 1.00 bits per heavy atom. The number of amides is 1. The van der Waals surface area contributed by atoms with E-state index < -0.39 is 11.9 Å². The number of carbonyl (C=O) groups is 3. The summed E-state index contributed by atoms with van der Waals surface area (Å²) in [6.45, 7) is 4.91. The molecule has 0 bridgehead atoms. The monoisotopic (exact) mass is 379 g/mol. The topological polar surface area (TPSA) is 72.5 Å². The number of Topliss-reactive ketones (excluding diaryl/α,β-unsaturated/α-hetero) is 1. The molecule has 0 saturated carbocycles. The number of ether oxygens (including phenoxy) is 1. The first-order valence-electron chi connectivity index (χ1n) is 9.31. The van der Waals surface area contributed by atoms with Gasteiger partial charge in [-0.3, -0.25) is 9.59 Å². The lowest BCUT2D eigenvalue weighted by Crippen LogP contribution is -2.27. The smallest absolute Gasteiger partial charge is 0.355 e. The molecule has 0 saturated heterocycles. The third-order valence-corrected chi connectivity index (χ3v) is 4.24. The molecule has 2 rings (SSSR count). The first-order valence-corrected chi connectivity index (χ1v) is 9.31. The van der Waals surface area contributed by atoms with Gasteiger partial charge in [-0.1, -0.05) is 56.3 Å². The second kappa shape index (κ2) is 10.2. The largest absolute Gasteiger partial charge is 0.453 e. The predicted octanol–water partition coefficient (Wildman–Crippen LogP) is 3.71. The molecule has 0 unspecified atom stereocenters. The van der Waals surface area contributed by atoms with Crippen LogP contribution in [0.2, 0.25) is 0 Å². The molecular formula is C23H25NO4. The molecule has 0 aliphatic heterocycles. The SMILES string of the molecule is CCc1ccc(CC)c(C(=O)COC(=O)/C(=C/c2ccccc2)NC(C)=O)c1. The lowest BCUT2D eigenvalue weighted by atomic mass is 9.98. The zero-order valence-corrected chi connectivity index (χ0v) is 16.5. The van der Waals surface area contributed by atoms with Gasteiger partial charge < -0.3 is 10.1 Å². The zero-order valence-electron chi connectivity index (χ0n) is 16.5.